The Kier molecular flexibility index (Phi) is 4.83. The summed E-state index contributed by atoms with van der Waals surface area (Å²) in [6.07, 6.45) is 3.25. The highest BCUT2D eigenvalue weighted by atomic mass is 35.5. The standard InChI is InChI=1S/C17H14Cl3N3O/c1-11(23-9-8-21-22-23)17(24,12-2-4-13(18)5-3-12)15-7-6-14(19)10-16(15)20/h2-11,24H,1H3. The minimum absolute atomic E-state index is 0.368. The molecule has 0 aliphatic carbocycles. The first kappa shape index (κ1) is 17.2. The first-order chi connectivity index (χ1) is 11.4. The maximum Gasteiger partial charge on any atom is 0.138 e. The van der Waals surface area contributed by atoms with Crippen molar-refractivity contribution in [3.05, 3.63) is 81.1 Å². The molecule has 1 N–H and O–H groups in total. The van der Waals surface area contributed by atoms with Crippen molar-refractivity contribution >= 4 is 34.8 Å². The molecular weight excluding hydrogens is 369 g/mol. The Morgan fingerprint density at radius 2 is 1.71 bits per heavy atom. The van der Waals surface area contributed by atoms with E-state index in [1.54, 1.807) is 59.5 Å². The zero-order chi connectivity index (χ0) is 17.3. The molecule has 3 rings (SSSR count). The molecule has 1 heterocycles. The summed E-state index contributed by atoms with van der Waals surface area (Å²) in [5.41, 5.74) is -0.280. The molecule has 0 bridgehead atoms. The van der Waals surface area contributed by atoms with Crippen LogP contribution in [0.3, 0.4) is 0 Å². The van der Waals surface area contributed by atoms with Gasteiger partial charge in [-0.15, -0.1) is 5.10 Å². The van der Waals surface area contributed by atoms with Gasteiger partial charge in [0.15, 0.2) is 0 Å². The van der Waals surface area contributed by atoms with Gasteiger partial charge >= 0.3 is 0 Å². The van der Waals surface area contributed by atoms with E-state index in [0.29, 0.717) is 26.2 Å². The maximum atomic E-state index is 11.7. The van der Waals surface area contributed by atoms with Crippen molar-refractivity contribution in [1.29, 1.82) is 0 Å². The van der Waals surface area contributed by atoms with Gasteiger partial charge in [0, 0.05) is 26.8 Å². The molecule has 3 aromatic rings. The van der Waals surface area contributed by atoms with Gasteiger partial charge in [0.1, 0.15) is 5.60 Å². The zero-order valence-electron chi connectivity index (χ0n) is 12.7. The summed E-state index contributed by atoms with van der Waals surface area (Å²) in [6, 6.07) is 11.5. The molecule has 2 aromatic carbocycles. The smallest absolute Gasteiger partial charge is 0.138 e. The molecule has 0 spiro atoms. The monoisotopic (exact) mass is 381 g/mol. The zero-order valence-corrected chi connectivity index (χ0v) is 15.0. The van der Waals surface area contributed by atoms with Crippen molar-refractivity contribution in [1.82, 2.24) is 15.0 Å². The molecule has 0 amide bonds. The Morgan fingerprint density at radius 1 is 1.04 bits per heavy atom. The summed E-state index contributed by atoms with van der Waals surface area (Å²) < 4.78 is 1.58. The van der Waals surface area contributed by atoms with Crippen molar-refractivity contribution in [2.24, 2.45) is 0 Å². The van der Waals surface area contributed by atoms with Gasteiger partial charge < -0.3 is 5.11 Å². The van der Waals surface area contributed by atoms with E-state index in [4.69, 9.17) is 34.8 Å². The average Bonchev–Trinajstić information content (AvgIpc) is 3.08. The summed E-state index contributed by atoms with van der Waals surface area (Å²) in [5.74, 6) is 0. The van der Waals surface area contributed by atoms with Gasteiger partial charge in [-0.2, -0.15) is 0 Å². The second-order valence-corrected chi connectivity index (χ2v) is 6.74. The van der Waals surface area contributed by atoms with Crippen LogP contribution in [-0.4, -0.2) is 20.1 Å². The van der Waals surface area contributed by atoms with Crippen LogP contribution in [-0.2, 0) is 5.60 Å². The molecular formula is C17H14Cl3N3O. The van der Waals surface area contributed by atoms with Gasteiger partial charge in [-0.3, -0.25) is 0 Å². The van der Waals surface area contributed by atoms with Crippen LogP contribution in [0.2, 0.25) is 15.1 Å². The fourth-order valence-corrected chi connectivity index (χ4v) is 3.42. The summed E-state index contributed by atoms with van der Waals surface area (Å²) in [5, 5.41) is 21.0. The lowest BCUT2D eigenvalue weighted by Crippen LogP contribution is -2.37. The Hall–Kier alpha value is -1.59. The molecule has 24 heavy (non-hydrogen) atoms. The minimum Gasteiger partial charge on any atom is -0.378 e. The highest BCUT2D eigenvalue weighted by molar-refractivity contribution is 6.35. The number of benzene rings is 2. The lowest BCUT2D eigenvalue weighted by molar-refractivity contribution is 0.0241. The number of rotatable bonds is 4. The summed E-state index contributed by atoms with van der Waals surface area (Å²) in [6.45, 7) is 1.84. The Bertz CT molecular complexity index is 837. The molecule has 4 nitrogen and oxygen atoms in total. The van der Waals surface area contributed by atoms with Gasteiger partial charge in [0.25, 0.3) is 0 Å². The minimum atomic E-state index is -1.44. The van der Waals surface area contributed by atoms with Crippen LogP contribution < -0.4 is 0 Å². The van der Waals surface area contributed by atoms with Gasteiger partial charge in [-0.05, 0) is 36.8 Å². The normalized spacial score (nSPS) is 15.0. The number of hydrogen-bond acceptors (Lipinski definition) is 3. The van der Waals surface area contributed by atoms with Crippen molar-refractivity contribution in [2.75, 3.05) is 0 Å². The van der Waals surface area contributed by atoms with Crippen LogP contribution in [0.5, 0.6) is 0 Å². The summed E-state index contributed by atoms with van der Waals surface area (Å²) in [7, 11) is 0. The second kappa shape index (κ2) is 6.73. The number of aromatic nitrogens is 3. The summed E-state index contributed by atoms with van der Waals surface area (Å²) in [4.78, 5) is 0. The molecule has 2 atom stereocenters. The SMILES string of the molecule is CC(n1ccnn1)C(O)(c1ccc(Cl)cc1)c1ccc(Cl)cc1Cl. The molecule has 0 aliphatic heterocycles. The fourth-order valence-electron chi connectivity index (χ4n) is 2.74. The van der Waals surface area contributed by atoms with Crippen molar-refractivity contribution in [3.8, 4) is 0 Å². The molecule has 1 aromatic heterocycles. The number of nitrogens with zero attached hydrogens (tertiary/aromatic N) is 3. The van der Waals surface area contributed by atoms with E-state index in [1.807, 2.05) is 6.92 Å². The highest BCUT2D eigenvalue weighted by Crippen LogP contribution is 2.43. The van der Waals surface area contributed by atoms with E-state index in [-0.39, 0.29) is 0 Å². The first-order valence-corrected chi connectivity index (χ1v) is 8.36. The lowest BCUT2D eigenvalue weighted by Gasteiger charge is -2.35. The van der Waals surface area contributed by atoms with Gasteiger partial charge in [-0.1, -0.05) is 58.2 Å². The molecule has 0 radical (unpaired) electrons. The third-order valence-electron chi connectivity index (χ3n) is 4.07. The third kappa shape index (κ3) is 3.03. The van der Waals surface area contributed by atoms with E-state index in [0.717, 1.165) is 0 Å². The number of halogens is 3. The van der Waals surface area contributed by atoms with E-state index in [1.165, 1.54) is 0 Å². The van der Waals surface area contributed by atoms with E-state index < -0.39 is 11.6 Å². The molecule has 2 unspecified atom stereocenters. The number of aliphatic hydroxyl groups is 1. The van der Waals surface area contributed by atoms with Crippen LogP contribution >= 0.6 is 34.8 Å². The topological polar surface area (TPSA) is 50.9 Å². The maximum absolute atomic E-state index is 11.7. The first-order valence-electron chi connectivity index (χ1n) is 7.22. The molecule has 7 heteroatoms. The highest BCUT2D eigenvalue weighted by Gasteiger charge is 2.41. The largest absolute Gasteiger partial charge is 0.378 e. The van der Waals surface area contributed by atoms with Crippen molar-refractivity contribution in [3.63, 3.8) is 0 Å². The third-order valence-corrected chi connectivity index (χ3v) is 4.87. The molecule has 0 aliphatic rings. The molecule has 0 saturated carbocycles. The van der Waals surface area contributed by atoms with Crippen molar-refractivity contribution in [2.45, 2.75) is 18.6 Å². The Morgan fingerprint density at radius 3 is 2.29 bits per heavy atom. The lowest BCUT2D eigenvalue weighted by atomic mass is 9.81. The predicted molar refractivity (Wildman–Crippen MR) is 95.6 cm³/mol. The van der Waals surface area contributed by atoms with Gasteiger partial charge in [-0.25, -0.2) is 4.68 Å². The molecule has 124 valence electrons. The Labute approximate surface area is 154 Å². The number of hydrogen-bond donors (Lipinski definition) is 1. The van der Waals surface area contributed by atoms with Gasteiger partial charge in [0.2, 0.25) is 0 Å². The van der Waals surface area contributed by atoms with Crippen LogP contribution in [0.25, 0.3) is 0 Å². The van der Waals surface area contributed by atoms with Crippen LogP contribution in [0, 0.1) is 0 Å². The van der Waals surface area contributed by atoms with Crippen LogP contribution in [0.4, 0.5) is 0 Å². The van der Waals surface area contributed by atoms with E-state index in [9.17, 15) is 5.11 Å². The fraction of sp³-hybridized carbons (Fsp3) is 0.176. The van der Waals surface area contributed by atoms with Crippen LogP contribution in [0.15, 0.2) is 54.9 Å². The molecule has 0 saturated heterocycles. The average molecular weight is 383 g/mol. The predicted octanol–water partition coefficient (Wildman–Crippen LogP) is 4.74. The molecule has 0 fully saturated rings. The van der Waals surface area contributed by atoms with Crippen LogP contribution in [0.1, 0.15) is 24.1 Å². The second-order valence-electron chi connectivity index (χ2n) is 5.46. The van der Waals surface area contributed by atoms with Crippen molar-refractivity contribution < 1.29 is 5.11 Å². The quantitative estimate of drug-likeness (QED) is 0.709. The van der Waals surface area contributed by atoms with Gasteiger partial charge in [0.05, 0.1) is 12.2 Å². The summed E-state index contributed by atoms with van der Waals surface area (Å²) >= 11 is 18.4. The van der Waals surface area contributed by atoms with E-state index >= 15 is 0 Å². The Balaban J connectivity index is 2.22. The van der Waals surface area contributed by atoms with E-state index in [2.05, 4.69) is 10.3 Å².